The van der Waals surface area contributed by atoms with E-state index in [-0.39, 0.29) is 28.1 Å². The minimum Gasteiger partial charge on any atom is -0.457 e. The van der Waals surface area contributed by atoms with E-state index in [9.17, 15) is 18.8 Å². The zero-order valence-electron chi connectivity index (χ0n) is 23.1. The van der Waals surface area contributed by atoms with Gasteiger partial charge in [0, 0.05) is 32.8 Å². The first-order valence-electron chi connectivity index (χ1n) is 13.4. The smallest absolute Gasteiger partial charge is 0.272 e. The normalized spacial score (nSPS) is 11.1. The second kappa shape index (κ2) is 14.4. The van der Waals surface area contributed by atoms with Crippen LogP contribution in [-0.4, -0.2) is 23.5 Å². The Balaban J connectivity index is 1.25. The molecule has 3 N–H and O–H groups in total. The first kappa shape index (κ1) is 30.3. The third kappa shape index (κ3) is 8.25. The van der Waals surface area contributed by atoms with Crippen molar-refractivity contribution in [3.8, 4) is 11.3 Å². The molecule has 5 rings (SSSR count). The first-order valence-corrected chi connectivity index (χ1v) is 14.7. The van der Waals surface area contributed by atoms with Crippen LogP contribution >= 0.6 is 23.4 Å². The van der Waals surface area contributed by atoms with Gasteiger partial charge in [0.1, 0.15) is 23.0 Å². The van der Waals surface area contributed by atoms with Crippen molar-refractivity contribution < 1.29 is 23.2 Å². The SMILES string of the molecule is O=C(CSc1ccc(NC(=O)C(=Cc2ccc(-c3ccccc3)o2)NC(=O)c2ccccc2)cc1)Nc1ccc(Cl)cc1F. The standard InChI is InChI=1S/C34H25ClFN3O4S/c35-24-11-17-29(28(36)19-24)38-32(40)21-44-27-15-12-25(13-16-27)37-34(42)30(39-33(41)23-9-5-2-6-10-23)20-26-14-18-31(43-26)22-7-3-1-4-8-22/h1-20H,21H2,(H,37,42)(H,38,40)(H,39,41). The van der Waals surface area contributed by atoms with Crippen LogP contribution in [0.25, 0.3) is 17.4 Å². The van der Waals surface area contributed by atoms with Crippen molar-refractivity contribution in [2.75, 3.05) is 16.4 Å². The Morgan fingerprint density at radius 1 is 0.818 bits per heavy atom. The molecule has 0 saturated carbocycles. The number of thioether (sulfide) groups is 1. The summed E-state index contributed by atoms with van der Waals surface area (Å²) in [5.74, 6) is -0.974. The molecule has 1 heterocycles. The molecule has 44 heavy (non-hydrogen) atoms. The van der Waals surface area contributed by atoms with Gasteiger partial charge in [-0.3, -0.25) is 14.4 Å². The van der Waals surface area contributed by atoms with Gasteiger partial charge in [-0.25, -0.2) is 4.39 Å². The summed E-state index contributed by atoms with van der Waals surface area (Å²) in [6.45, 7) is 0. The van der Waals surface area contributed by atoms with Crippen LogP contribution in [0, 0.1) is 5.82 Å². The number of anilines is 2. The molecular weight excluding hydrogens is 601 g/mol. The Morgan fingerprint density at radius 2 is 1.52 bits per heavy atom. The average molecular weight is 626 g/mol. The summed E-state index contributed by atoms with van der Waals surface area (Å²) in [6.07, 6.45) is 1.47. The van der Waals surface area contributed by atoms with Crippen molar-refractivity contribution >= 4 is 58.5 Å². The molecule has 0 spiro atoms. The number of nitrogens with one attached hydrogen (secondary N) is 3. The van der Waals surface area contributed by atoms with Gasteiger partial charge >= 0.3 is 0 Å². The van der Waals surface area contributed by atoms with E-state index in [4.69, 9.17) is 16.0 Å². The fraction of sp³-hybridized carbons (Fsp3) is 0.0294. The number of furan rings is 1. The summed E-state index contributed by atoms with van der Waals surface area (Å²) in [6, 6.07) is 32.4. The molecular formula is C34H25ClFN3O4S. The van der Waals surface area contributed by atoms with Gasteiger partial charge in [0.15, 0.2) is 0 Å². The highest BCUT2D eigenvalue weighted by Crippen LogP contribution is 2.25. The fourth-order valence-electron chi connectivity index (χ4n) is 4.03. The van der Waals surface area contributed by atoms with Crippen LogP contribution in [0.1, 0.15) is 16.1 Å². The Labute approximate surface area is 262 Å². The molecule has 0 saturated heterocycles. The van der Waals surface area contributed by atoms with Crippen molar-refractivity contribution in [1.82, 2.24) is 5.32 Å². The fourth-order valence-corrected chi connectivity index (χ4v) is 4.89. The first-order chi connectivity index (χ1) is 21.3. The summed E-state index contributed by atoms with van der Waals surface area (Å²) in [4.78, 5) is 39.3. The Hall–Kier alpha value is -5.12. The monoisotopic (exact) mass is 625 g/mol. The maximum absolute atomic E-state index is 14.0. The van der Waals surface area contributed by atoms with Gasteiger partial charge in [-0.05, 0) is 66.7 Å². The number of hydrogen-bond acceptors (Lipinski definition) is 5. The molecule has 0 aliphatic carbocycles. The van der Waals surface area contributed by atoms with Crippen molar-refractivity contribution in [1.29, 1.82) is 0 Å². The van der Waals surface area contributed by atoms with Crippen molar-refractivity contribution in [3.05, 3.63) is 143 Å². The minimum atomic E-state index is -0.618. The summed E-state index contributed by atoms with van der Waals surface area (Å²) in [7, 11) is 0. The number of benzene rings is 4. The Bertz CT molecular complexity index is 1810. The van der Waals surface area contributed by atoms with Crippen LogP contribution in [0.2, 0.25) is 5.02 Å². The zero-order valence-corrected chi connectivity index (χ0v) is 24.6. The van der Waals surface area contributed by atoms with E-state index in [0.29, 0.717) is 22.8 Å². The second-order valence-corrected chi connectivity index (χ2v) is 10.9. The molecule has 0 aliphatic heterocycles. The van der Waals surface area contributed by atoms with E-state index in [1.54, 1.807) is 66.7 Å². The quantitative estimate of drug-likeness (QED) is 0.108. The number of rotatable bonds is 10. The molecule has 0 radical (unpaired) electrons. The topological polar surface area (TPSA) is 100 Å². The lowest BCUT2D eigenvalue weighted by Gasteiger charge is -2.11. The van der Waals surface area contributed by atoms with E-state index in [1.165, 1.54) is 30.0 Å². The average Bonchev–Trinajstić information content (AvgIpc) is 3.51. The molecule has 0 atom stereocenters. The predicted molar refractivity (Wildman–Crippen MR) is 172 cm³/mol. The number of halogens is 2. The van der Waals surface area contributed by atoms with Crippen LogP contribution in [0.3, 0.4) is 0 Å². The summed E-state index contributed by atoms with van der Waals surface area (Å²) < 4.78 is 19.9. The summed E-state index contributed by atoms with van der Waals surface area (Å²) >= 11 is 7.00. The number of carbonyl (C=O) groups is 3. The summed E-state index contributed by atoms with van der Waals surface area (Å²) in [5, 5.41) is 8.23. The lowest BCUT2D eigenvalue weighted by molar-refractivity contribution is -0.114. The predicted octanol–water partition coefficient (Wildman–Crippen LogP) is 7.88. The lowest BCUT2D eigenvalue weighted by atomic mass is 10.2. The van der Waals surface area contributed by atoms with E-state index in [0.717, 1.165) is 16.5 Å². The van der Waals surface area contributed by atoms with Gasteiger partial charge in [0.2, 0.25) is 5.91 Å². The molecule has 1 aromatic heterocycles. The third-order valence-corrected chi connectivity index (χ3v) is 7.43. The highest BCUT2D eigenvalue weighted by molar-refractivity contribution is 8.00. The Kier molecular flexibility index (Phi) is 9.91. The molecule has 3 amide bonds. The van der Waals surface area contributed by atoms with Crippen LogP contribution in [0.4, 0.5) is 15.8 Å². The third-order valence-electron chi connectivity index (χ3n) is 6.19. The van der Waals surface area contributed by atoms with Crippen molar-refractivity contribution in [2.24, 2.45) is 0 Å². The summed E-state index contributed by atoms with van der Waals surface area (Å²) in [5.41, 5.74) is 1.76. The van der Waals surface area contributed by atoms with E-state index < -0.39 is 17.6 Å². The molecule has 4 aromatic carbocycles. The number of hydrogen-bond donors (Lipinski definition) is 3. The van der Waals surface area contributed by atoms with Gasteiger partial charge in [-0.15, -0.1) is 11.8 Å². The van der Waals surface area contributed by atoms with Gasteiger partial charge in [-0.2, -0.15) is 0 Å². The van der Waals surface area contributed by atoms with Gasteiger partial charge < -0.3 is 20.4 Å². The molecule has 220 valence electrons. The number of amides is 3. The van der Waals surface area contributed by atoms with E-state index in [2.05, 4.69) is 16.0 Å². The minimum absolute atomic E-state index is 0.0163. The highest BCUT2D eigenvalue weighted by atomic mass is 35.5. The lowest BCUT2D eigenvalue weighted by Crippen LogP contribution is -2.30. The van der Waals surface area contributed by atoms with Crippen LogP contribution in [0.5, 0.6) is 0 Å². The maximum Gasteiger partial charge on any atom is 0.272 e. The van der Waals surface area contributed by atoms with Crippen LogP contribution in [-0.2, 0) is 9.59 Å². The Morgan fingerprint density at radius 3 is 2.23 bits per heavy atom. The maximum atomic E-state index is 14.0. The second-order valence-electron chi connectivity index (χ2n) is 9.39. The van der Waals surface area contributed by atoms with Gasteiger partial charge in [0.05, 0.1) is 11.4 Å². The molecule has 5 aromatic rings. The molecule has 0 aliphatic rings. The molecule has 0 fully saturated rings. The van der Waals surface area contributed by atoms with Gasteiger partial charge in [-0.1, -0.05) is 60.1 Å². The largest absolute Gasteiger partial charge is 0.457 e. The molecule has 10 heteroatoms. The van der Waals surface area contributed by atoms with Crippen molar-refractivity contribution in [2.45, 2.75) is 4.90 Å². The molecule has 0 unspecified atom stereocenters. The van der Waals surface area contributed by atoms with E-state index >= 15 is 0 Å². The molecule has 0 bridgehead atoms. The highest BCUT2D eigenvalue weighted by Gasteiger charge is 2.17. The van der Waals surface area contributed by atoms with E-state index in [1.807, 2.05) is 30.3 Å². The van der Waals surface area contributed by atoms with Crippen LogP contribution < -0.4 is 16.0 Å². The molecule has 7 nitrogen and oxygen atoms in total. The van der Waals surface area contributed by atoms with Gasteiger partial charge in [0.25, 0.3) is 11.8 Å². The number of carbonyl (C=O) groups excluding carboxylic acids is 3. The van der Waals surface area contributed by atoms with Crippen LogP contribution in [0.15, 0.2) is 130 Å². The van der Waals surface area contributed by atoms with Crippen molar-refractivity contribution in [3.63, 3.8) is 0 Å². The zero-order chi connectivity index (χ0) is 30.9.